The number of carbonyl (C=O) groups excluding carboxylic acids is 1. The number of rotatable bonds is 4. The molecule has 0 aliphatic heterocycles. The van der Waals surface area contributed by atoms with Crippen molar-refractivity contribution < 1.29 is 4.79 Å². The van der Waals surface area contributed by atoms with Gasteiger partial charge >= 0.3 is 0 Å². The van der Waals surface area contributed by atoms with Gasteiger partial charge in [0.15, 0.2) is 11.3 Å². The lowest BCUT2D eigenvalue weighted by atomic mass is 10.1. The zero-order valence-electron chi connectivity index (χ0n) is 16.4. The average Bonchev–Trinajstić information content (AvgIpc) is 3.28. The van der Waals surface area contributed by atoms with Crippen molar-refractivity contribution in [2.75, 3.05) is 5.32 Å². The first kappa shape index (κ1) is 17.9. The molecule has 0 fully saturated rings. The summed E-state index contributed by atoms with van der Waals surface area (Å²) in [6.45, 7) is 8.81. The summed E-state index contributed by atoms with van der Waals surface area (Å²) in [5.41, 5.74) is 6.66. The molecule has 0 atom stereocenters. The number of aromatic nitrogens is 5. The van der Waals surface area contributed by atoms with Crippen LogP contribution < -0.4 is 5.32 Å². The predicted molar refractivity (Wildman–Crippen MR) is 108 cm³/mol. The standard InChI is InChI=1S/C21H22N6O/c1-5-26-15(4)16(12-23-26)18-9-10-22-19-11-17(25-27(18)19)21(28)24-20-13(2)7-6-8-14(20)3/h6-12H,5H2,1-4H3,(H,24,28). The van der Waals surface area contributed by atoms with Crippen molar-refractivity contribution in [1.29, 1.82) is 0 Å². The van der Waals surface area contributed by atoms with Crippen LogP contribution in [0.3, 0.4) is 0 Å². The molecular weight excluding hydrogens is 352 g/mol. The highest BCUT2D eigenvalue weighted by atomic mass is 16.2. The molecule has 0 unspecified atom stereocenters. The molecule has 0 bridgehead atoms. The number of nitrogens with one attached hydrogen (secondary N) is 1. The Hall–Kier alpha value is -3.48. The Kier molecular flexibility index (Phi) is 4.43. The third-order valence-corrected chi connectivity index (χ3v) is 4.99. The van der Waals surface area contributed by atoms with Crippen molar-refractivity contribution in [3.05, 3.63) is 65.2 Å². The van der Waals surface area contributed by atoms with E-state index >= 15 is 0 Å². The van der Waals surface area contributed by atoms with Crippen LogP contribution >= 0.6 is 0 Å². The van der Waals surface area contributed by atoms with Gasteiger partial charge in [-0.05, 0) is 44.9 Å². The number of benzene rings is 1. The highest BCUT2D eigenvalue weighted by Gasteiger charge is 2.17. The van der Waals surface area contributed by atoms with Crippen molar-refractivity contribution in [2.24, 2.45) is 0 Å². The Labute approximate surface area is 163 Å². The minimum atomic E-state index is -0.255. The number of aryl methyl sites for hydroxylation is 3. The number of amides is 1. The maximum atomic E-state index is 12.8. The van der Waals surface area contributed by atoms with Crippen molar-refractivity contribution in [3.63, 3.8) is 0 Å². The lowest BCUT2D eigenvalue weighted by Gasteiger charge is -2.10. The molecule has 1 amide bonds. The van der Waals surface area contributed by atoms with Gasteiger partial charge in [0.2, 0.25) is 0 Å². The molecule has 0 saturated carbocycles. The molecule has 0 radical (unpaired) electrons. The molecule has 1 N–H and O–H groups in total. The Balaban J connectivity index is 1.74. The SMILES string of the molecule is CCn1ncc(-c2ccnc3cc(C(=O)Nc4c(C)cccc4C)nn23)c1C. The number of hydrogen-bond acceptors (Lipinski definition) is 4. The quantitative estimate of drug-likeness (QED) is 0.590. The van der Waals surface area contributed by atoms with Crippen molar-refractivity contribution in [1.82, 2.24) is 24.4 Å². The monoisotopic (exact) mass is 374 g/mol. The van der Waals surface area contributed by atoms with Gasteiger partial charge < -0.3 is 5.32 Å². The van der Waals surface area contributed by atoms with Crippen LogP contribution in [0.15, 0.2) is 42.7 Å². The van der Waals surface area contributed by atoms with Crippen LogP contribution in [0.4, 0.5) is 5.69 Å². The average molecular weight is 374 g/mol. The maximum absolute atomic E-state index is 12.8. The van der Waals surface area contributed by atoms with Gasteiger partial charge in [-0.1, -0.05) is 18.2 Å². The van der Waals surface area contributed by atoms with Crippen LogP contribution in [0.1, 0.15) is 34.2 Å². The number of anilines is 1. The normalized spacial score (nSPS) is 11.1. The van der Waals surface area contributed by atoms with E-state index in [1.807, 2.05) is 55.9 Å². The zero-order valence-corrected chi connectivity index (χ0v) is 16.4. The highest BCUT2D eigenvalue weighted by molar-refractivity contribution is 6.04. The Morgan fingerprint density at radius 3 is 2.57 bits per heavy atom. The Morgan fingerprint density at radius 1 is 1.14 bits per heavy atom. The molecule has 1 aromatic carbocycles. The van der Waals surface area contributed by atoms with Crippen LogP contribution in [0, 0.1) is 20.8 Å². The van der Waals surface area contributed by atoms with E-state index in [0.29, 0.717) is 11.3 Å². The van der Waals surface area contributed by atoms with E-state index in [1.54, 1.807) is 16.8 Å². The molecular formula is C21H22N6O. The first-order valence-electron chi connectivity index (χ1n) is 9.24. The van der Waals surface area contributed by atoms with Gasteiger partial charge in [0.05, 0.1) is 11.9 Å². The van der Waals surface area contributed by atoms with Crippen molar-refractivity contribution in [3.8, 4) is 11.3 Å². The minimum absolute atomic E-state index is 0.255. The summed E-state index contributed by atoms with van der Waals surface area (Å²) in [6.07, 6.45) is 3.55. The third-order valence-electron chi connectivity index (χ3n) is 4.99. The van der Waals surface area contributed by atoms with Gasteiger partial charge in [-0.25, -0.2) is 9.50 Å². The summed E-state index contributed by atoms with van der Waals surface area (Å²) in [4.78, 5) is 17.2. The second kappa shape index (κ2) is 6.92. The molecule has 0 spiro atoms. The largest absolute Gasteiger partial charge is 0.320 e. The lowest BCUT2D eigenvalue weighted by Crippen LogP contribution is -2.14. The summed E-state index contributed by atoms with van der Waals surface area (Å²) in [6, 6.07) is 9.50. The number of hydrogen-bond donors (Lipinski definition) is 1. The number of nitrogens with zero attached hydrogens (tertiary/aromatic N) is 5. The van der Waals surface area contributed by atoms with Crippen LogP contribution in [-0.4, -0.2) is 30.3 Å². The maximum Gasteiger partial charge on any atom is 0.276 e. The van der Waals surface area contributed by atoms with Crippen LogP contribution in [0.2, 0.25) is 0 Å². The number of para-hydroxylation sites is 1. The van der Waals surface area contributed by atoms with E-state index in [1.165, 1.54) is 0 Å². The number of fused-ring (bicyclic) bond motifs is 1. The van der Waals surface area contributed by atoms with E-state index < -0.39 is 0 Å². The fourth-order valence-electron chi connectivity index (χ4n) is 3.42. The molecule has 28 heavy (non-hydrogen) atoms. The molecule has 4 rings (SSSR count). The highest BCUT2D eigenvalue weighted by Crippen LogP contribution is 2.24. The van der Waals surface area contributed by atoms with Crippen LogP contribution in [0.25, 0.3) is 16.9 Å². The third kappa shape index (κ3) is 2.94. The molecule has 3 aromatic heterocycles. The molecule has 7 heteroatoms. The molecule has 4 aromatic rings. The topological polar surface area (TPSA) is 77.1 Å². The van der Waals surface area contributed by atoms with E-state index in [4.69, 9.17) is 0 Å². The van der Waals surface area contributed by atoms with Gasteiger partial charge in [0.1, 0.15) is 0 Å². The van der Waals surface area contributed by atoms with Gasteiger partial charge in [-0.2, -0.15) is 10.2 Å². The fourth-order valence-corrected chi connectivity index (χ4v) is 3.42. The summed E-state index contributed by atoms with van der Waals surface area (Å²) < 4.78 is 3.63. The summed E-state index contributed by atoms with van der Waals surface area (Å²) in [5, 5.41) is 11.9. The first-order chi connectivity index (χ1) is 13.5. The fraction of sp³-hybridized carbons (Fsp3) is 0.238. The first-order valence-corrected chi connectivity index (χ1v) is 9.24. The van der Waals surface area contributed by atoms with Crippen molar-refractivity contribution >= 4 is 17.2 Å². The Bertz CT molecular complexity index is 1170. The zero-order chi connectivity index (χ0) is 19.8. The summed E-state index contributed by atoms with van der Waals surface area (Å²) >= 11 is 0. The molecule has 0 saturated heterocycles. The molecule has 3 heterocycles. The van der Waals surface area contributed by atoms with Gasteiger partial charge in [-0.15, -0.1) is 0 Å². The van der Waals surface area contributed by atoms with E-state index in [9.17, 15) is 4.79 Å². The van der Waals surface area contributed by atoms with Crippen LogP contribution in [0.5, 0.6) is 0 Å². The second-order valence-corrected chi connectivity index (χ2v) is 6.81. The predicted octanol–water partition coefficient (Wildman–Crippen LogP) is 3.79. The number of carbonyl (C=O) groups is 1. The lowest BCUT2D eigenvalue weighted by molar-refractivity contribution is 0.102. The van der Waals surface area contributed by atoms with E-state index in [0.717, 1.165) is 40.3 Å². The summed E-state index contributed by atoms with van der Waals surface area (Å²) in [5.74, 6) is -0.255. The van der Waals surface area contributed by atoms with Crippen molar-refractivity contribution in [2.45, 2.75) is 34.2 Å². The second-order valence-electron chi connectivity index (χ2n) is 6.81. The molecule has 0 aliphatic rings. The molecule has 142 valence electrons. The van der Waals surface area contributed by atoms with Gasteiger partial charge in [-0.3, -0.25) is 9.48 Å². The van der Waals surface area contributed by atoms with Crippen LogP contribution in [-0.2, 0) is 6.54 Å². The van der Waals surface area contributed by atoms with E-state index in [-0.39, 0.29) is 5.91 Å². The van der Waals surface area contributed by atoms with Gasteiger partial charge in [0.25, 0.3) is 5.91 Å². The van der Waals surface area contributed by atoms with E-state index in [2.05, 4.69) is 27.4 Å². The Morgan fingerprint density at radius 2 is 1.89 bits per heavy atom. The van der Waals surface area contributed by atoms with Gasteiger partial charge in [0, 0.05) is 35.8 Å². The smallest absolute Gasteiger partial charge is 0.276 e. The summed E-state index contributed by atoms with van der Waals surface area (Å²) in [7, 11) is 0. The molecule has 0 aliphatic carbocycles. The minimum Gasteiger partial charge on any atom is -0.320 e. The molecule has 7 nitrogen and oxygen atoms in total.